The van der Waals surface area contributed by atoms with Crippen LogP contribution in [0.1, 0.15) is 76.5 Å². The Kier molecular flexibility index (Phi) is 7.89. The molecule has 0 amide bonds. The maximum Gasteiger partial charge on any atom is 0.224 e. The van der Waals surface area contributed by atoms with Crippen molar-refractivity contribution >= 4 is 0 Å². The first-order chi connectivity index (χ1) is 11.2. The summed E-state index contributed by atoms with van der Waals surface area (Å²) in [6, 6.07) is 0. The van der Waals surface area contributed by atoms with Gasteiger partial charge in [0.05, 0.1) is 18.8 Å². The molecule has 1 aromatic rings. The quantitative estimate of drug-likeness (QED) is 0.492. The molecule has 0 radical (unpaired) electrons. The van der Waals surface area contributed by atoms with Crippen LogP contribution in [-0.2, 0) is 15.9 Å². The smallest absolute Gasteiger partial charge is 0.224 e. The van der Waals surface area contributed by atoms with Gasteiger partial charge < -0.3 is 9.47 Å². The van der Waals surface area contributed by atoms with E-state index < -0.39 is 12.2 Å². The Bertz CT molecular complexity index is 462. The summed E-state index contributed by atoms with van der Waals surface area (Å²) in [6.07, 6.45) is 9.56. The van der Waals surface area contributed by atoms with Crippen molar-refractivity contribution in [2.45, 2.75) is 71.5 Å². The molecule has 5 heteroatoms. The van der Waals surface area contributed by atoms with Crippen LogP contribution in [0.4, 0.5) is 4.39 Å². The first kappa shape index (κ1) is 18.3. The summed E-state index contributed by atoms with van der Waals surface area (Å²) in [5.74, 6) is 0.462. The van der Waals surface area contributed by atoms with Crippen molar-refractivity contribution < 1.29 is 13.9 Å². The van der Waals surface area contributed by atoms with Crippen LogP contribution in [0.5, 0.6) is 0 Å². The van der Waals surface area contributed by atoms with E-state index in [1.165, 1.54) is 25.5 Å². The SMILES string of the molecule is CCCCCc1ncc(C2OCC(CCCCC)CO2)c(F)n1. The van der Waals surface area contributed by atoms with Crippen LogP contribution in [0.3, 0.4) is 0 Å². The average Bonchev–Trinajstić information content (AvgIpc) is 2.56. The summed E-state index contributed by atoms with van der Waals surface area (Å²) in [4.78, 5) is 8.22. The third-order valence-electron chi connectivity index (χ3n) is 4.26. The van der Waals surface area contributed by atoms with Crippen LogP contribution < -0.4 is 0 Å². The Balaban J connectivity index is 1.83. The molecule has 23 heavy (non-hydrogen) atoms. The van der Waals surface area contributed by atoms with E-state index in [-0.39, 0.29) is 0 Å². The number of aromatic nitrogens is 2. The molecule has 1 fully saturated rings. The lowest BCUT2D eigenvalue weighted by atomic mass is 10.0. The summed E-state index contributed by atoms with van der Waals surface area (Å²) < 4.78 is 25.5. The fourth-order valence-corrected chi connectivity index (χ4v) is 2.79. The first-order valence-electron chi connectivity index (χ1n) is 8.99. The van der Waals surface area contributed by atoms with Crippen LogP contribution in [-0.4, -0.2) is 23.2 Å². The second kappa shape index (κ2) is 9.93. The molecule has 0 bridgehead atoms. The predicted molar refractivity (Wildman–Crippen MR) is 87.5 cm³/mol. The van der Waals surface area contributed by atoms with Crippen LogP contribution in [0.15, 0.2) is 6.20 Å². The fraction of sp³-hybridized carbons (Fsp3) is 0.778. The minimum Gasteiger partial charge on any atom is -0.348 e. The summed E-state index contributed by atoms with van der Waals surface area (Å²) in [5, 5.41) is 0. The van der Waals surface area contributed by atoms with E-state index in [0.29, 0.717) is 30.5 Å². The highest BCUT2D eigenvalue weighted by Gasteiger charge is 2.26. The van der Waals surface area contributed by atoms with E-state index in [4.69, 9.17) is 9.47 Å². The van der Waals surface area contributed by atoms with Crippen molar-refractivity contribution in [3.8, 4) is 0 Å². The number of rotatable bonds is 9. The second-order valence-electron chi connectivity index (χ2n) is 6.35. The van der Waals surface area contributed by atoms with E-state index in [1.807, 2.05) is 0 Å². The van der Waals surface area contributed by atoms with E-state index >= 15 is 0 Å². The van der Waals surface area contributed by atoms with E-state index in [1.54, 1.807) is 0 Å². The van der Waals surface area contributed by atoms with Gasteiger partial charge in [-0.25, -0.2) is 9.97 Å². The van der Waals surface area contributed by atoms with Gasteiger partial charge in [-0.3, -0.25) is 0 Å². The number of hydrogen-bond acceptors (Lipinski definition) is 4. The highest BCUT2D eigenvalue weighted by Crippen LogP contribution is 2.28. The molecule has 1 aliphatic rings. The van der Waals surface area contributed by atoms with Crippen LogP contribution >= 0.6 is 0 Å². The second-order valence-corrected chi connectivity index (χ2v) is 6.35. The molecule has 0 aliphatic carbocycles. The molecular formula is C18H29FN2O2. The molecule has 0 unspecified atom stereocenters. The van der Waals surface area contributed by atoms with Gasteiger partial charge >= 0.3 is 0 Å². The molecule has 1 aliphatic heterocycles. The number of unbranched alkanes of at least 4 members (excludes halogenated alkanes) is 4. The molecular weight excluding hydrogens is 295 g/mol. The Morgan fingerprint density at radius 3 is 2.43 bits per heavy atom. The molecule has 0 atom stereocenters. The number of halogens is 1. The highest BCUT2D eigenvalue weighted by molar-refractivity contribution is 5.10. The molecule has 0 saturated carbocycles. The van der Waals surface area contributed by atoms with Gasteiger partial charge in [0.15, 0.2) is 6.29 Å². The molecule has 130 valence electrons. The lowest BCUT2D eigenvalue weighted by molar-refractivity contribution is -0.207. The summed E-state index contributed by atoms with van der Waals surface area (Å²) in [7, 11) is 0. The summed E-state index contributed by atoms with van der Waals surface area (Å²) in [6.45, 7) is 5.56. The maximum atomic E-state index is 14.2. The normalized spacial score (nSPS) is 21.5. The van der Waals surface area contributed by atoms with Gasteiger partial charge in [0.2, 0.25) is 5.95 Å². The molecule has 0 aromatic carbocycles. The molecule has 0 spiro atoms. The number of ether oxygens (including phenoxy) is 2. The first-order valence-corrected chi connectivity index (χ1v) is 8.99. The van der Waals surface area contributed by atoms with Crippen molar-refractivity contribution in [3.05, 3.63) is 23.5 Å². The number of hydrogen-bond donors (Lipinski definition) is 0. The van der Waals surface area contributed by atoms with Crippen LogP contribution in [0, 0.1) is 11.9 Å². The van der Waals surface area contributed by atoms with Gasteiger partial charge in [0.1, 0.15) is 5.82 Å². The lowest BCUT2D eigenvalue weighted by Crippen LogP contribution is -2.28. The largest absolute Gasteiger partial charge is 0.348 e. The van der Waals surface area contributed by atoms with Crippen molar-refractivity contribution in [1.82, 2.24) is 9.97 Å². The Morgan fingerprint density at radius 2 is 1.78 bits per heavy atom. The molecule has 2 heterocycles. The van der Waals surface area contributed by atoms with E-state index in [0.717, 1.165) is 32.1 Å². The predicted octanol–water partition coefficient (Wildman–Crippen LogP) is 4.59. The van der Waals surface area contributed by atoms with Crippen molar-refractivity contribution in [2.24, 2.45) is 5.92 Å². The fourth-order valence-electron chi connectivity index (χ4n) is 2.79. The van der Waals surface area contributed by atoms with Gasteiger partial charge in [-0.2, -0.15) is 4.39 Å². The van der Waals surface area contributed by atoms with Crippen molar-refractivity contribution in [3.63, 3.8) is 0 Å². The van der Waals surface area contributed by atoms with Crippen LogP contribution in [0.2, 0.25) is 0 Å². The molecule has 1 saturated heterocycles. The Labute approximate surface area is 138 Å². The standard InChI is InChI=1S/C18H29FN2O2/c1-3-5-7-9-14-12-22-18(23-13-14)15-11-20-16(21-17(15)19)10-8-6-4-2/h11,14,18H,3-10,12-13H2,1-2H3. The molecule has 2 rings (SSSR count). The minimum atomic E-state index is -0.665. The third-order valence-corrected chi connectivity index (χ3v) is 4.26. The Morgan fingerprint density at radius 1 is 1.09 bits per heavy atom. The zero-order chi connectivity index (χ0) is 16.5. The third kappa shape index (κ3) is 5.81. The monoisotopic (exact) mass is 324 g/mol. The van der Waals surface area contributed by atoms with E-state index in [2.05, 4.69) is 23.8 Å². The van der Waals surface area contributed by atoms with Gasteiger partial charge in [0.25, 0.3) is 0 Å². The zero-order valence-corrected chi connectivity index (χ0v) is 14.4. The molecule has 1 aromatic heterocycles. The summed E-state index contributed by atoms with van der Waals surface area (Å²) in [5.41, 5.74) is 0.316. The highest BCUT2D eigenvalue weighted by atomic mass is 19.1. The molecule has 0 N–H and O–H groups in total. The van der Waals surface area contributed by atoms with Gasteiger partial charge in [-0.05, 0) is 12.8 Å². The van der Waals surface area contributed by atoms with Crippen LogP contribution in [0.25, 0.3) is 0 Å². The van der Waals surface area contributed by atoms with Crippen molar-refractivity contribution in [1.29, 1.82) is 0 Å². The average molecular weight is 324 g/mol. The number of nitrogens with zero attached hydrogens (tertiary/aromatic N) is 2. The van der Waals surface area contributed by atoms with Gasteiger partial charge in [-0.15, -0.1) is 0 Å². The topological polar surface area (TPSA) is 44.2 Å². The van der Waals surface area contributed by atoms with Gasteiger partial charge in [0, 0.05) is 18.5 Å². The van der Waals surface area contributed by atoms with Gasteiger partial charge in [-0.1, -0.05) is 46.0 Å². The Hall–Kier alpha value is -1.07. The zero-order valence-electron chi connectivity index (χ0n) is 14.4. The minimum absolute atomic E-state index is 0.316. The maximum absolute atomic E-state index is 14.2. The lowest BCUT2D eigenvalue weighted by Gasteiger charge is -2.29. The van der Waals surface area contributed by atoms with E-state index in [9.17, 15) is 4.39 Å². The van der Waals surface area contributed by atoms with Crippen molar-refractivity contribution in [2.75, 3.05) is 13.2 Å². The molecule has 4 nitrogen and oxygen atoms in total. The summed E-state index contributed by atoms with van der Waals surface area (Å²) >= 11 is 0. The number of aryl methyl sites for hydroxylation is 1.